The number of likely N-dealkylation sites (tertiary alicyclic amines) is 1. The number of nitrogens with two attached hydrogens (primary N) is 1. The molecule has 3 heterocycles. The van der Waals surface area contributed by atoms with Crippen molar-refractivity contribution < 1.29 is 47.2 Å². The zero-order valence-electron chi connectivity index (χ0n) is 26.7. The van der Waals surface area contributed by atoms with Crippen molar-refractivity contribution in [2.45, 2.75) is 56.9 Å². The van der Waals surface area contributed by atoms with E-state index in [4.69, 9.17) is 14.6 Å². The van der Waals surface area contributed by atoms with Crippen LogP contribution in [0, 0.1) is 32.1 Å². The summed E-state index contributed by atoms with van der Waals surface area (Å²) < 4.78 is 36.6. The number of hydrogen-bond donors (Lipinski definition) is 3. The molecule has 18 nitrogen and oxygen atoms in total. The number of aliphatic hydroxyl groups excluding tert-OH is 1. The number of carbonyl (C=O) groups excluding carboxylic acids is 3. The number of nitrogens with zero attached hydrogens (tertiary/aromatic N) is 4. The first-order valence-corrected chi connectivity index (χ1v) is 17.7. The predicted octanol–water partition coefficient (Wildman–Crippen LogP) is 1.92. The number of benzene rings is 2. The summed E-state index contributed by atoms with van der Waals surface area (Å²) in [6, 6.07) is 9.60. The van der Waals surface area contributed by atoms with E-state index in [2.05, 4.69) is 4.72 Å². The predicted molar refractivity (Wildman–Crippen MR) is 176 cm³/mol. The molecule has 0 bridgehead atoms. The molecule has 2 fully saturated rings. The number of β-lactam (4-membered cyclic amide) rings is 1. The van der Waals surface area contributed by atoms with Crippen molar-refractivity contribution in [1.29, 1.82) is 0 Å². The summed E-state index contributed by atoms with van der Waals surface area (Å²) in [5.74, 6) is -2.44. The van der Waals surface area contributed by atoms with E-state index in [1.54, 1.807) is 0 Å². The number of esters is 1. The van der Waals surface area contributed by atoms with E-state index in [0.717, 1.165) is 0 Å². The maximum absolute atomic E-state index is 13.6. The van der Waals surface area contributed by atoms with E-state index in [9.17, 15) is 48.1 Å². The quantitative estimate of drug-likeness (QED) is 0.115. The van der Waals surface area contributed by atoms with Crippen LogP contribution in [0.3, 0.4) is 0 Å². The van der Waals surface area contributed by atoms with E-state index >= 15 is 0 Å². The molecule has 0 radical (unpaired) electrons. The van der Waals surface area contributed by atoms with Crippen LogP contribution in [0.25, 0.3) is 0 Å². The van der Waals surface area contributed by atoms with Crippen LogP contribution in [0.4, 0.5) is 16.2 Å². The van der Waals surface area contributed by atoms with Gasteiger partial charge in [-0.2, -0.15) is 8.42 Å². The fourth-order valence-corrected chi connectivity index (χ4v) is 8.30. The third-order valence-electron chi connectivity index (χ3n) is 8.75. The summed E-state index contributed by atoms with van der Waals surface area (Å²) in [6.45, 7) is 2.67. The van der Waals surface area contributed by atoms with Crippen LogP contribution in [-0.4, -0.2) is 87.7 Å². The summed E-state index contributed by atoms with van der Waals surface area (Å²) >= 11 is 1.23. The molecule has 20 heteroatoms. The minimum absolute atomic E-state index is 0.00489. The van der Waals surface area contributed by atoms with Gasteiger partial charge in [0.25, 0.3) is 21.6 Å². The molecule has 2 amide bonds. The van der Waals surface area contributed by atoms with Crippen LogP contribution in [-0.2, 0) is 42.5 Å². The van der Waals surface area contributed by atoms with E-state index in [0.29, 0.717) is 16.0 Å². The smallest absolute Gasteiger partial charge is 0.410 e. The van der Waals surface area contributed by atoms with Crippen LogP contribution >= 0.6 is 11.8 Å². The molecule has 2 aromatic carbocycles. The van der Waals surface area contributed by atoms with E-state index in [1.807, 2.05) is 6.92 Å². The number of ether oxygens (including phenoxy) is 2. The molecule has 0 aliphatic carbocycles. The zero-order valence-corrected chi connectivity index (χ0v) is 28.4. The number of non-ortho nitro benzene ring substituents is 2. The molecule has 268 valence electrons. The van der Waals surface area contributed by atoms with Crippen molar-refractivity contribution in [3.63, 3.8) is 0 Å². The van der Waals surface area contributed by atoms with Gasteiger partial charge in [-0.1, -0.05) is 6.92 Å². The van der Waals surface area contributed by atoms with Gasteiger partial charge in [0.15, 0.2) is 0 Å². The summed E-state index contributed by atoms with van der Waals surface area (Å²) in [4.78, 5) is 64.0. The molecule has 0 aromatic heterocycles. The summed E-state index contributed by atoms with van der Waals surface area (Å²) in [5, 5.41) is 37.0. The lowest BCUT2D eigenvalue weighted by atomic mass is 9.79. The Morgan fingerprint density at radius 2 is 1.58 bits per heavy atom. The van der Waals surface area contributed by atoms with Gasteiger partial charge in [0.2, 0.25) is 5.91 Å². The number of nitrogens with one attached hydrogen (secondary N) is 1. The molecule has 3 aliphatic rings. The van der Waals surface area contributed by atoms with Crippen molar-refractivity contribution in [2.75, 3.05) is 13.1 Å². The standard InChI is InChI=1S/C30H34N6O12S2/c1-16-25-24(17(2)37)28(38)34(25)26(29(39)47-14-18-3-7-20(8-4-18)35(41)42)27(16)49-23-11-22(12-32-50(31,45)46)33(13-23)30(40)48-15-19-5-9-21(10-6-19)36(43)44/h3-10,16-17,22-25,32,37H,11-15H2,1-2H3,(H2,31,45,46)/t16?,17-,22?,23?,24?,25?/m0/s1. The highest BCUT2D eigenvalue weighted by atomic mass is 32.2. The number of thioether (sulfide) groups is 1. The molecule has 2 aromatic rings. The van der Waals surface area contributed by atoms with Gasteiger partial charge >= 0.3 is 12.1 Å². The van der Waals surface area contributed by atoms with Crippen LogP contribution in [0.2, 0.25) is 0 Å². The molecule has 0 spiro atoms. The van der Waals surface area contributed by atoms with Crippen molar-refractivity contribution in [2.24, 2.45) is 17.0 Å². The Hall–Kier alpha value is -4.63. The molecular formula is C30H34N6O12S2. The Balaban J connectivity index is 1.35. The zero-order chi connectivity index (χ0) is 36.5. The largest absolute Gasteiger partial charge is 0.456 e. The van der Waals surface area contributed by atoms with Crippen molar-refractivity contribution in [3.8, 4) is 0 Å². The van der Waals surface area contributed by atoms with E-state index in [1.165, 1.54) is 77.0 Å². The second kappa shape index (κ2) is 14.7. The Kier molecular flexibility index (Phi) is 10.8. The molecule has 5 unspecified atom stereocenters. The first-order chi connectivity index (χ1) is 23.6. The lowest BCUT2D eigenvalue weighted by Gasteiger charge is -2.46. The molecule has 2 saturated heterocycles. The van der Waals surface area contributed by atoms with Gasteiger partial charge in [0.05, 0.1) is 27.9 Å². The van der Waals surface area contributed by atoms with Gasteiger partial charge in [-0.15, -0.1) is 11.8 Å². The molecular weight excluding hydrogens is 700 g/mol. The Morgan fingerprint density at radius 3 is 2.08 bits per heavy atom. The minimum Gasteiger partial charge on any atom is -0.456 e. The number of hydrogen-bond acceptors (Lipinski definition) is 13. The summed E-state index contributed by atoms with van der Waals surface area (Å²) in [7, 11) is -4.12. The molecule has 50 heavy (non-hydrogen) atoms. The maximum atomic E-state index is 13.6. The fraction of sp³-hybridized carbons (Fsp3) is 0.433. The molecule has 5 rings (SSSR count). The number of aliphatic hydroxyl groups is 1. The molecule has 0 saturated carbocycles. The second-order valence-corrected chi connectivity index (χ2v) is 14.8. The van der Waals surface area contributed by atoms with Crippen LogP contribution < -0.4 is 9.86 Å². The highest BCUT2D eigenvalue weighted by Gasteiger charge is 2.60. The second-order valence-electron chi connectivity index (χ2n) is 12.1. The number of rotatable bonds is 13. The fourth-order valence-electron chi connectivity index (χ4n) is 6.31. The monoisotopic (exact) mass is 734 g/mol. The molecule has 6 atom stereocenters. The summed E-state index contributed by atoms with van der Waals surface area (Å²) in [5.41, 5.74) is 0.682. The van der Waals surface area contributed by atoms with Crippen LogP contribution in [0.1, 0.15) is 31.4 Å². The van der Waals surface area contributed by atoms with Gasteiger partial charge < -0.3 is 24.4 Å². The number of fused-ring (bicyclic) bond motifs is 1. The molecule has 3 aliphatic heterocycles. The third kappa shape index (κ3) is 7.88. The first kappa shape index (κ1) is 36.6. The molecule has 4 N–H and O–H groups in total. The van der Waals surface area contributed by atoms with Gasteiger partial charge in [-0.3, -0.25) is 25.0 Å². The van der Waals surface area contributed by atoms with Gasteiger partial charge in [0, 0.05) is 59.5 Å². The average molecular weight is 735 g/mol. The SMILES string of the molecule is CC1C(SC2CC(CNS(N)(=O)=O)N(C(=O)OCc3ccc([N+](=O)[O-])cc3)C2)=C(C(=O)OCc2ccc([N+](=O)[O-])cc2)N2C(=O)C([C@H](C)O)C12. The topological polar surface area (TPSA) is 255 Å². The van der Waals surface area contributed by atoms with Crippen LogP contribution in [0.5, 0.6) is 0 Å². The number of nitro benzene ring substituents is 2. The number of nitro groups is 2. The first-order valence-electron chi connectivity index (χ1n) is 15.3. The minimum atomic E-state index is -4.12. The Labute approximate surface area is 290 Å². The van der Waals surface area contributed by atoms with Gasteiger partial charge in [-0.05, 0) is 48.7 Å². The van der Waals surface area contributed by atoms with E-state index < -0.39 is 73.3 Å². The average Bonchev–Trinajstić information content (AvgIpc) is 3.57. The lowest BCUT2D eigenvalue weighted by Crippen LogP contribution is -2.63. The van der Waals surface area contributed by atoms with Crippen LogP contribution in [0.15, 0.2) is 59.1 Å². The highest BCUT2D eigenvalue weighted by Crippen LogP contribution is 2.52. The maximum Gasteiger partial charge on any atom is 0.410 e. The number of amides is 2. The highest BCUT2D eigenvalue weighted by molar-refractivity contribution is 8.03. The number of carbonyl (C=O) groups is 3. The Morgan fingerprint density at radius 1 is 1.04 bits per heavy atom. The van der Waals surface area contributed by atoms with E-state index in [-0.39, 0.29) is 49.8 Å². The third-order valence-corrected chi connectivity index (χ3v) is 10.8. The summed E-state index contributed by atoms with van der Waals surface area (Å²) in [6.07, 6.45) is -1.54. The van der Waals surface area contributed by atoms with Gasteiger partial charge in [-0.25, -0.2) is 19.5 Å². The van der Waals surface area contributed by atoms with Gasteiger partial charge in [0.1, 0.15) is 18.9 Å². The Bertz CT molecular complexity index is 1820. The van der Waals surface area contributed by atoms with Crippen molar-refractivity contribution >= 4 is 51.3 Å². The normalized spacial score (nSPS) is 23.7. The van der Waals surface area contributed by atoms with Crippen molar-refractivity contribution in [3.05, 3.63) is 90.5 Å². The van der Waals surface area contributed by atoms with Crippen molar-refractivity contribution in [1.82, 2.24) is 14.5 Å². The lowest BCUT2D eigenvalue weighted by molar-refractivity contribution is -0.385.